The minimum Gasteiger partial charge on any atom is -0.344 e. The second kappa shape index (κ2) is 2.52. The number of thioether (sulfide) groups is 1. The Morgan fingerprint density at radius 3 is 3.25 bits per heavy atom. The van der Waals surface area contributed by atoms with Crippen LogP contribution < -0.4 is 0 Å². The maximum atomic E-state index is 4.44. The molecule has 0 spiro atoms. The van der Waals surface area contributed by atoms with Gasteiger partial charge in [-0.2, -0.15) is 0 Å². The molecule has 1 aromatic rings. The minimum atomic E-state index is 0.736. The standard InChI is InChI=1S/C4H4N2OS/c1-2-8-4-3-7-6-5-4/h2-3H,1H2. The van der Waals surface area contributed by atoms with Crippen LogP contribution in [0.1, 0.15) is 0 Å². The lowest BCUT2D eigenvalue weighted by Gasteiger charge is -1.75. The van der Waals surface area contributed by atoms with Gasteiger partial charge < -0.3 is 4.52 Å². The first-order valence-electron chi connectivity index (χ1n) is 1.98. The summed E-state index contributed by atoms with van der Waals surface area (Å²) >= 11 is 1.38. The Balaban J connectivity index is 2.62. The summed E-state index contributed by atoms with van der Waals surface area (Å²) in [7, 11) is 0. The molecule has 0 unspecified atom stereocenters. The number of hydrogen-bond donors (Lipinski definition) is 0. The van der Waals surface area contributed by atoms with Crippen molar-refractivity contribution in [3.8, 4) is 0 Å². The van der Waals surface area contributed by atoms with Crippen molar-refractivity contribution in [2.75, 3.05) is 0 Å². The molecule has 0 aliphatic rings. The Labute approximate surface area is 50.7 Å². The Bertz CT molecular complexity index is 161. The van der Waals surface area contributed by atoms with E-state index in [9.17, 15) is 0 Å². The summed E-state index contributed by atoms with van der Waals surface area (Å²) in [5.74, 6) is 0. The van der Waals surface area contributed by atoms with E-state index in [0.29, 0.717) is 0 Å². The summed E-state index contributed by atoms with van der Waals surface area (Å²) in [6.45, 7) is 3.49. The smallest absolute Gasteiger partial charge is 0.164 e. The third kappa shape index (κ3) is 1.10. The van der Waals surface area contributed by atoms with Crippen LogP contribution >= 0.6 is 11.8 Å². The molecule has 4 heteroatoms. The highest BCUT2D eigenvalue weighted by Crippen LogP contribution is 2.12. The van der Waals surface area contributed by atoms with Crippen molar-refractivity contribution >= 4 is 11.8 Å². The van der Waals surface area contributed by atoms with E-state index >= 15 is 0 Å². The SMILES string of the molecule is C=CSc1conn1. The Morgan fingerprint density at radius 1 is 1.88 bits per heavy atom. The van der Waals surface area contributed by atoms with Crippen LogP contribution in [0.2, 0.25) is 0 Å². The normalized spacial score (nSPS) is 9.00. The summed E-state index contributed by atoms with van der Waals surface area (Å²) in [6, 6.07) is 0. The molecule has 0 radical (unpaired) electrons. The zero-order valence-electron chi connectivity index (χ0n) is 4.07. The zero-order valence-corrected chi connectivity index (χ0v) is 4.89. The second-order valence-corrected chi connectivity index (χ2v) is 2.01. The van der Waals surface area contributed by atoms with Gasteiger partial charge in [-0.3, -0.25) is 0 Å². The van der Waals surface area contributed by atoms with Gasteiger partial charge in [-0.25, -0.2) is 0 Å². The predicted octanol–water partition coefficient (Wildman–Crippen LogP) is 1.31. The quantitative estimate of drug-likeness (QED) is 0.563. The Hall–Kier alpha value is -0.770. The van der Waals surface area contributed by atoms with Crippen molar-refractivity contribution in [3.05, 3.63) is 18.3 Å². The molecule has 1 heterocycles. The highest BCUT2D eigenvalue weighted by Gasteiger charge is 1.90. The number of nitrogens with zero attached hydrogens (tertiary/aromatic N) is 2. The van der Waals surface area contributed by atoms with Gasteiger partial charge in [0.15, 0.2) is 11.3 Å². The van der Waals surface area contributed by atoms with Gasteiger partial charge in [-0.15, -0.1) is 5.10 Å². The van der Waals surface area contributed by atoms with Crippen molar-refractivity contribution in [2.24, 2.45) is 0 Å². The third-order valence-electron chi connectivity index (χ3n) is 0.544. The first-order chi connectivity index (χ1) is 3.93. The van der Waals surface area contributed by atoms with Gasteiger partial charge in [-0.05, 0) is 5.41 Å². The van der Waals surface area contributed by atoms with Crippen LogP contribution in [0.15, 0.2) is 27.8 Å². The van der Waals surface area contributed by atoms with Gasteiger partial charge in [0.1, 0.15) is 0 Å². The Kier molecular flexibility index (Phi) is 1.69. The molecule has 3 nitrogen and oxygen atoms in total. The predicted molar refractivity (Wildman–Crippen MR) is 30.4 cm³/mol. The van der Waals surface area contributed by atoms with Crippen molar-refractivity contribution < 1.29 is 4.52 Å². The van der Waals surface area contributed by atoms with E-state index in [4.69, 9.17) is 0 Å². The molecule has 0 bridgehead atoms. The second-order valence-electron chi connectivity index (χ2n) is 1.03. The van der Waals surface area contributed by atoms with E-state index in [1.807, 2.05) is 0 Å². The van der Waals surface area contributed by atoms with Gasteiger partial charge in [0.05, 0.1) is 0 Å². The fraction of sp³-hybridized carbons (Fsp3) is 0. The average Bonchev–Trinajstić information content (AvgIpc) is 2.19. The van der Waals surface area contributed by atoms with E-state index in [2.05, 4.69) is 21.5 Å². The van der Waals surface area contributed by atoms with Gasteiger partial charge >= 0.3 is 0 Å². The van der Waals surface area contributed by atoms with Gasteiger partial charge in [0, 0.05) is 5.27 Å². The highest BCUT2D eigenvalue weighted by atomic mass is 32.2. The maximum Gasteiger partial charge on any atom is 0.164 e. The van der Waals surface area contributed by atoms with E-state index in [1.54, 1.807) is 5.41 Å². The molecule has 0 saturated carbocycles. The fourth-order valence-electron chi connectivity index (χ4n) is 0.293. The van der Waals surface area contributed by atoms with Crippen LogP contribution in [-0.2, 0) is 0 Å². The molecule has 0 saturated heterocycles. The summed E-state index contributed by atoms with van der Waals surface area (Å²) in [5.41, 5.74) is 0. The van der Waals surface area contributed by atoms with E-state index < -0.39 is 0 Å². The number of rotatable bonds is 2. The van der Waals surface area contributed by atoms with Crippen LogP contribution in [-0.4, -0.2) is 10.4 Å². The lowest BCUT2D eigenvalue weighted by Crippen LogP contribution is -1.64. The van der Waals surface area contributed by atoms with Crippen molar-refractivity contribution in [1.82, 2.24) is 10.4 Å². The lowest BCUT2D eigenvalue weighted by molar-refractivity contribution is 0.392. The molecule has 42 valence electrons. The average molecular weight is 128 g/mol. The number of aromatic nitrogens is 2. The summed E-state index contributed by atoms with van der Waals surface area (Å²) in [4.78, 5) is 0. The van der Waals surface area contributed by atoms with Crippen LogP contribution in [0.3, 0.4) is 0 Å². The van der Waals surface area contributed by atoms with Crippen LogP contribution in [0.25, 0.3) is 0 Å². The Morgan fingerprint density at radius 2 is 2.75 bits per heavy atom. The van der Waals surface area contributed by atoms with Crippen LogP contribution in [0, 0.1) is 0 Å². The maximum absolute atomic E-state index is 4.44. The molecular weight excluding hydrogens is 124 g/mol. The molecule has 0 fully saturated rings. The third-order valence-corrected chi connectivity index (χ3v) is 1.13. The molecule has 1 aromatic heterocycles. The molecule has 1 rings (SSSR count). The van der Waals surface area contributed by atoms with Gasteiger partial charge in [0.25, 0.3) is 0 Å². The minimum absolute atomic E-state index is 0.736. The molecule has 0 aliphatic heterocycles. The zero-order chi connectivity index (χ0) is 5.82. The largest absolute Gasteiger partial charge is 0.344 e. The lowest BCUT2D eigenvalue weighted by atomic mass is 11.0. The van der Waals surface area contributed by atoms with Crippen LogP contribution in [0.5, 0.6) is 0 Å². The molecular formula is C4H4N2OS. The fourth-order valence-corrected chi connectivity index (χ4v) is 0.643. The molecule has 0 N–H and O–H groups in total. The van der Waals surface area contributed by atoms with Crippen molar-refractivity contribution in [3.63, 3.8) is 0 Å². The highest BCUT2D eigenvalue weighted by molar-refractivity contribution is 8.02. The van der Waals surface area contributed by atoms with E-state index in [0.717, 1.165) is 5.03 Å². The van der Waals surface area contributed by atoms with Gasteiger partial charge in [0.2, 0.25) is 0 Å². The first kappa shape index (κ1) is 5.37. The van der Waals surface area contributed by atoms with Gasteiger partial charge in [-0.1, -0.05) is 18.3 Å². The molecule has 0 aromatic carbocycles. The first-order valence-corrected chi connectivity index (χ1v) is 2.86. The van der Waals surface area contributed by atoms with Crippen molar-refractivity contribution in [1.29, 1.82) is 0 Å². The summed E-state index contributed by atoms with van der Waals surface area (Å²) in [6.07, 6.45) is 1.46. The van der Waals surface area contributed by atoms with Crippen LogP contribution in [0.4, 0.5) is 0 Å². The molecule has 8 heavy (non-hydrogen) atoms. The van der Waals surface area contributed by atoms with Crippen molar-refractivity contribution in [2.45, 2.75) is 5.03 Å². The topological polar surface area (TPSA) is 38.9 Å². The molecule has 0 amide bonds. The monoisotopic (exact) mass is 128 g/mol. The molecule has 0 aliphatic carbocycles. The number of hydrogen-bond acceptors (Lipinski definition) is 4. The van der Waals surface area contributed by atoms with E-state index in [1.165, 1.54) is 18.0 Å². The molecule has 0 atom stereocenters. The summed E-state index contributed by atoms with van der Waals surface area (Å²) in [5, 5.41) is 9.23. The van der Waals surface area contributed by atoms with E-state index in [-0.39, 0.29) is 0 Å². The summed E-state index contributed by atoms with van der Waals surface area (Å²) < 4.78 is 4.44.